The van der Waals surface area contributed by atoms with E-state index in [2.05, 4.69) is 5.32 Å². The Morgan fingerprint density at radius 1 is 1.32 bits per heavy atom. The number of carbonyl (C=O) groups is 2. The van der Waals surface area contributed by atoms with Gasteiger partial charge in [0.25, 0.3) is 5.91 Å². The van der Waals surface area contributed by atoms with Gasteiger partial charge in [0, 0.05) is 6.04 Å². The van der Waals surface area contributed by atoms with Gasteiger partial charge in [-0.15, -0.1) is 0 Å². The zero-order valence-corrected chi connectivity index (χ0v) is 12.4. The van der Waals surface area contributed by atoms with Gasteiger partial charge in [-0.2, -0.15) is 5.26 Å². The summed E-state index contributed by atoms with van der Waals surface area (Å²) in [5.41, 5.74) is 0.511. The molecule has 6 heteroatoms. The van der Waals surface area contributed by atoms with Gasteiger partial charge in [0.15, 0.2) is 13.2 Å². The number of ether oxygens (including phenoxy) is 2. The summed E-state index contributed by atoms with van der Waals surface area (Å²) >= 11 is 0. The number of nitrogens with zero attached hydrogens (tertiary/aromatic N) is 1. The van der Waals surface area contributed by atoms with Crippen LogP contribution in [0.2, 0.25) is 0 Å². The maximum atomic E-state index is 11.6. The summed E-state index contributed by atoms with van der Waals surface area (Å²) in [7, 11) is 0. The first-order valence-electron chi connectivity index (χ1n) is 7.16. The Balaban J connectivity index is 1.64. The lowest BCUT2D eigenvalue weighted by atomic mass is 10.2. The number of carbonyl (C=O) groups excluding carboxylic acids is 2. The first kappa shape index (κ1) is 15.8. The fraction of sp³-hybridized carbons (Fsp3) is 0.438. The minimum atomic E-state index is -0.612. The molecule has 0 saturated heterocycles. The molecular formula is C16H18N2O4. The van der Waals surface area contributed by atoms with E-state index in [0.717, 1.165) is 12.8 Å². The van der Waals surface area contributed by atoms with Gasteiger partial charge in [-0.25, -0.2) is 4.79 Å². The van der Waals surface area contributed by atoms with Gasteiger partial charge in [-0.1, -0.05) is 0 Å². The van der Waals surface area contributed by atoms with Crippen molar-refractivity contribution in [2.75, 3.05) is 13.2 Å². The summed E-state index contributed by atoms with van der Waals surface area (Å²) in [6.07, 6.45) is 2.28. The highest BCUT2D eigenvalue weighted by atomic mass is 16.6. The fourth-order valence-corrected chi connectivity index (χ4v) is 1.97. The van der Waals surface area contributed by atoms with Crippen LogP contribution in [0.5, 0.6) is 5.75 Å². The molecule has 0 aliphatic heterocycles. The fourth-order valence-electron chi connectivity index (χ4n) is 1.97. The molecule has 1 aromatic rings. The van der Waals surface area contributed by atoms with E-state index in [4.69, 9.17) is 14.7 Å². The van der Waals surface area contributed by atoms with Crippen molar-refractivity contribution in [3.63, 3.8) is 0 Å². The smallest absolute Gasteiger partial charge is 0.344 e. The van der Waals surface area contributed by atoms with Crippen molar-refractivity contribution >= 4 is 11.9 Å². The molecule has 1 amide bonds. The largest absolute Gasteiger partial charge is 0.482 e. The zero-order chi connectivity index (χ0) is 15.9. The number of nitrogens with one attached hydrogen (secondary N) is 1. The second-order valence-electron chi connectivity index (χ2n) is 5.28. The number of amides is 1. The zero-order valence-electron chi connectivity index (χ0n) is 12.4. The molecule has 0 unspecified atom stereocenters. The Hall–Kier alpha value is -2.55. The lowest BCUT2D eigenvalue weighted by molar-refractivity contribution is -0.150. The molecule has 1 aromatic carbocycles. The van der Waals surface area contributed by atoms with Crippen LogP contribution in [0.4, 0.5) is 0 Å². The van der Waals surface area contributed by atoms with Crippen LogP contribution in [0.25, 0.3) is 0 Å². The summed E-state index contributed by atoms with van der Waals surface area (Å²) in [5, 5.41) is 11.5. The van der Waals surface area contributed by atoms with Crippen molar-refractivity contribution in [2.24, 2.45) is 5.92 Å². The van der Waals surface area contributed by atoms with Crippen LogP contribution >= 0.6 is 0 Å². The minimum Gasteiger partial charge on any atom is -0.482 e. The van der Waals surface area contributed by atoms with Gasteiger partial charge in [0.1, 0.15) is 5.75 Å². The lowest BCUT2D eigenvalue weighted by Crippen LogP contribution is -2.37. The Kier molecular flexibility index (Phi) is 5.37. The maximum absolute atomic E-state index is 11.6. The van der Waals surface area contributed by atoms with Crippen LogP contribution in [0.15, 0.2) is 24.3 Å². The maximum Gasteiger partial charge on any atom is 0.344 e. The first-order chi connectivity index (χ1) is 10.6. The molecule has 1 saturated carbocycles. The van der Waals surface area contributed by atoms with E-state index in [9.17, 15) is 9.59 Å². The van der Waals surface area contributed by atoms with Crippen LogP contribution in [-0.2, 0) is 14.3 Å². The van der Waals surface area contributed by atoms with Crippen LogP contribution in [0.3, 0.4) is 0 Å². The van der Waals surface area contributed by atoms with Crippen molar-refractivity contribution in [1.82, 2.24) is 5.32 Å². The molecule has 2 rings (SSSR count). The number of nitriles is 1. The molecular weight excluding hydrogens is 284 g/mol. The van der Waals surface area contributed by atoms with Crippen molar-refractivity contribution in [3.05, 3.63) is 29.8 Å². The van der Waals surface area contributed by atoms with Crippen LogP contribution in [0.1, 0.15) is 25.3 Å². The van der Waals surface area contributed by atoms with Gasteiger partial charge >= 0.3 is 5.97 Å². The normalized spacial score (nSPS) is 14.5. The molecule has 0 bridgehead atoms. The summed E-state index contributed by atoms with van der Waals surface area (Å²) in [6.45, 7) is 1.37. The summed E-state index contributed by atoms with van der Waals surface area (Å²) in [5.74, 6) is 0.104. The molecule has 0 radical (unpaired) electrons. The molecule has 1 aliphatic carbocycles. The minimum absolute atomic E-state index is 0.126. The number of benzene rings is 1. The van der Waals surface area contributed by atoms with Crippen LogP contribution in [0, 0.1) is 17.2 Å². The predicted octanol–water partition coefficient (Wildman–Crippen LogP) is 1.39. The predicted molar refractivity (Wildman–Crippen MR) is 77.9 cm³/mol. The number of hydrogen-bond acceptors (Lipinski definition) is 5. The van der Waals surface area contributed by atoms with E-state index in [-0.39, 0.29) is 25.2 Å². The SMILES string of the molecule is C[C@H](NC(=O)COC(=O)COc1ccc(C#N)cc1)C1CC1. The molecule has 1 N–H and O–H groups in total. The van der Waals surface area contributed by atoms with Gasteiger partial charge in [0.2, 0.25) is 0 Å². The quantitative estimate of drug-likeness (QED) is 0.769. The van der Waals surface area contributed by atoms with E-state index >= 15 is 0 Å². The summed E-state index contributed by atoms with van der Waals surface area (Å²) in [4.78, 5) is 23.1. The van der Waals surface area contributed by atoms with E-state index in [1.54, 1.807) is 24.3 Å². The molecule has 1 fully saturated rings. The van der Waals surface area contributed by atoms with Crippen molar-refractivity contribution < 1.29 is 19.1 Å². The Morgan fingerprint density at radius 3 is 2.59 bits per heavy atom. The van der Waals surface area contributed by atoms with Crippen molar-refractivity contribution in [2.45, 2.75) is 25.8 Å². The van der Waals surface area contributed by atoms with E-state index in [1.807, 2.05) is 13.0 Å². The third-order valence-corrected chi connectivity index (χ3v) is 3.42. The monoisotopic (exact) mass is 302 g/mol. The van der Waals surface area contributed by atoms with E-state index < -0.39 is 5.97 Å². The first-order valence-corrected chi connectivity index (χ1v) is 7.16. The van der Waals surface area contributed by atoms with E-state index in [1.165, 1.54) is 0 Å². The molecule has 0 heterocycles. The summed E-state index contributed by atoms with van der Waals surface area (Å²) in [6, 6.07) is 8.48. The third kappa shape index (κ3) is 5.09. The molecule has 1 aliphatic rings. The Morgan fingerprint density at radius 2 is 2.00 bits per heavy atom. The number of esters is 1. The molecule has 0 aromatic heterocycles. The second kappa shape index (κ2) is 7.46. The van der Waals surface area contributed by atoms with Gasteiger partial charge in [0.05, 0.1) is 11.6 Å². The van der Waals surface area contributed by atoms with Crippen LogP contribution in [-0.4, -0.2) is 31.1 Å². The Bertz CT molecular complexity index is 573. The molecule has 116 valence electrons. The highest BCUT2D eigenvalue weighted by Gasteiger charge is 2.28. The highest BCUT2D eigenvalue weighted by Crippen LogP contribution is 2.32. The van der Waals surface area contributed by atoms with Gasteiger partial charge < -0.3 is 14.8 Å². The van der Waals surface area contributed by atoms with Crippen molar-refractivity contribution in [1.29, 1.82) is 5.26 Å². The average molecular weight is 302 g/mol. The average Bonchev–Trinajstić information content (AvgIpc) is 3.36. The Labute approximate surface area is 129 Å². The van der Waals surface area contributed by atoms with Gasteiger partial charge in [-0.3, -0.25) is 4.79 Å². The van der Waals surface area contributed by atoms with Crippen LogP contribution < -0.4 is 10.1 Å². The third-order valence-electron chi connectivity index (χ3n) is 3.42. The topological polar surface area (TPSA) is 88.4 Å². The molecule has 6 nitrogen and oxygen atoms in total. The standard InChI is InChI=1S/C16H18N2O4/c1-11(13-4-5-13)18-15(19)9-22-16(20)10-21-14-6-2-12(8-17)3-7-14/h2-3,6-7,11,13H,4-5,9-10H2,1H3,(H,18,19)/t11-/m0/s1. The second-order valence-corrected chi connectivity index (χ2v) is 5.28. The number of hydrogen-bond donors (Lipinski definition) is 1. The molecule has 0 spiro atoms. The molecule has 1 atom stereocenters. The lowest BCUT2D eigenvalue weighted by Gasteiger charge is -2.12. The highest BCUT2D eigenvalue weighted by molar-refractivity contribution is 5.81. The van der Waals surface area contributed by atoms with Crippen molar-refractivity contribution in [3.8, 4) is 11.8 Å². The number of rotatable bonds is 7. The van der Waals surface area contributed by atoms with E-state index in [0.29, 0.717) is 17.2 Å². The summed E-state index contributed by atoms with van der Waals surface area (Å²) < 4.78 is 10.1. The molecule has 22 heavy (non-hydrogen) atoms. The van der Waals surface area contributed by atoms with Gasteiger partial charge in [-0.05, 0) is 49.9 Å².